The third kappa shape index (κ3) is 3.70. The number of amides is 1. The number of halogens is 1. The van der Waals surface area contributed by atoms with Crippen LogP contribution in [0.3, 0.4) is 0 Å². The van der Waals surface area contributed by atoms with E-state index in [-0.39, 0.29) is 18.2 Å². The largest absolute Gasteiger partial charge is 0.276 e. The Bertz CT molecular complexity index is 985. The van der Waals surface area contributed by atoms with E-state index in [0.29, 0.717) is 12.2 Å². The van der Waals surface area contributed by atoms with Crippen molar-refractivity contribution in [3.05, 3.63) is 95.1 Å². The Morgan fingerprint density at radius 2 is 1.43 bits per heavy atom. The maximum absolute atomic E-state index is 12.2. The average Bonchev–Trinajstić information content (AvgIpc) is 3.03. The Hall–Kier alpha value is -2.95. The summed E-state index contributed by atoms with van der Waals surface area (Å²) in [4.78, 5) is 28.8. The van der Waals surface area contributed by atoms with Crippen LogP contribution in [0.25, 0.3) is 11.1 Å². The summed E-state index contributed by atoms with van der Waals surface area (Å²) in [7, 11) is 0. The predicted molar refractivity (Wildman–Crippen MR) is 108 cm³/mol. The first-order valence-electron chi connectivity index (χ1n) is 9.01. The molecule has 1 aliphatic rings. The molecule has 5 heteroatoms. The summed E-state index contributed by atoms with van der Waals surface area (Å²) >= 11 is 5.43. The lowest BCUT2D eigenvalue weighted by atomic mass is 9.98. The van der Waals surface area contributed by atoms with Crippen molar-refractivity contribution >= 4 is 22.8 Å². The number of hydrogen-bond donors (Lipinski definition) is 1. The van der Waals surface area contributed by atoms with Crippen LogP contribution in [-0.2, 0) is 16.1 Å². The van der Waals surface area contributed by atoms with Gasteiger partial charge in [-0.25, -0.2) is 5.48 Å². The van der Waals surface area contributed by atoms with Crippen LogP contribution in [-0.4, -0.2) is 17.8 Å². The van der Waals surface area contributed by atoms with Crippen molar-refractivity contribution in [1.29, 1.82) is 0 Å². The molecule has 140 valence electrons. The Kier molecular flexibility index (Phi) is 5.24. The zero-order valence-corrected chi connectivity index (χ0v) is 15.8. The molecule has 0 saturated carbocycles. The molecule has 0 unspecified atom stereocenters. The van der Waals surface area contributed by atoms with Gasteiger partial charge in [0, 0.05) is 11.5 Å². The lowest BCUT2D eigenvalue weighted by molar-refractivity contribution is -0.133. The molecule has 4 nitrogen and oxygen atoms in total. The number of fused-ring (bicyclic) bond motifs is 3. The second kappa shape index (κ2) is 7.97. The number of nitrogens with one attached hydrogen (secondary N) is 1. The first-order chi connectivity index (χ1) is 13.6. The molecule has 0 bridgehead atoms. The van der Waals surface area contributed by atoms with Crippen molar-refractivity contribution in [3.8, 4) is 11.1 Å². The van der Waals surface area contributed by atoms with Crippen molar-refractivity contribution in [1.82, 2.24) is 5.48 Å². The number of hydrogen-bond acceptors (Lipinski definition) is 3. The van der Waals surface area contributed by atoms with Gasteiger partial charge in [0.25, 0.3) is 5.24 Å². The molecule has 0 atom stereocenters. The Balaban J connectivity index is 1.37. The lowest BCUT2D eigenvalue weighted by Gasteiger charge is -2.14. The third-order valence-electron chi connectivity index (χ3n) is 4.94. The van der Waals surface area contributed by atoms with Gasteiger partial charge in [0.1, 0.15) is 0 Å². The maximum Gasteiger partial charge on any atom is 0.252 e. The van der Waals surface area contributed by atoms with E-state index in [1.807, 2.05) is 24.3 Å². The average molecular weight is 392 g/mol. The quantitative estimate of drug-likeness (QED) is 0.498. The molecule has 1 aliphatic carbocycles. The highest BCUT2D eigenvalue weighted by molar-refractivity contribution is 6.67. The van der Waals surface area contributed by atoms with Crippen LogP contribution >= 0.6 is 11.6 Å². The molecule has 3 aromatic carbocycles. The first kappa shape index (κ1) is 18.4. The summed E-state index contributed by atoms with van der Waals surface area (Å²) in [5.41, 5.74) is 8.55. The fraction of sp³-hybridized carbons (Fsp3) is 0.130. The van der Waals surface area contributed by atoms with Crippen molar-refractivity contribution in [3.63, 3.8) is 0 Å². The molecular formula is C23H18ClNO3. The predicted octanol–water partition coefficient (Wildman–Crippen LogP) is 4.47. The van der Waals surface area contributed by atoms with Crippen LogP contribution in [0, 0.1) is 0 Å². The third-order valence-corrected chi connectivity index (χ3v) is 5.16. The SMILES string of the molecule is O=C(Cc1ccc(C(=O)Cl)cc1)NOCC1c2ccccc2-c2ccccc21. The van der Waals surface area contributed by atoms with Gasteiger partial charge >= 0.3 is 0 Å². The Morgan fingerprint density at radius 1 is 0.857 bits per heavy atom. The van der Waals surface area contributed by atoms with Crippen molar-refractivity contribution < 1.29 is 14.4 Å². The number of carbonyl (C=O) groups excluding carboxylic acids is 2. The monoisotopic (exact) mass is 391 g/mol. The van der Waals surface area contributed by atoms with E-state index in [9.17, 15) is 9.59 Å². The Morgan fingerprint density at radius 3 is 2.00 bits per heavy atom. The van der Waals surface area contributed by atoms with E-state index in [2.05, 4.69) is 29.7 Å². The minimum absolute atomic E-state index is 0.0849. The fourth-order valence-electron chi connectivity index (χ4n) is 3.62. The highest BCUT2D eigenvalue weighted by Gasteiger charge is 2.28. The molecule has 0 saturated heterocycles. The van der Waals surface area contributed by atoms with Gasteiger partial charge < -0.3 is 0 Å². The van der Waals surface area contributed by atoms with Crippen LogP contribution in [0.2, 0.25) is 0 Å². The van der Waals surface area contributed by atoms with E-state index in [4.69, 9.17) is 16.4 Å². The van der Waals surface area contributed by atoms with Crippen molar-refractivity contribution in [2.75, 3.05) is 6.61 Å². The standard InChI is InChI=1S/C23H18ClNO3/c24-23(27)16-11-9-15(10-12-16)13-22(26)25-28-14-21-19-7-3-1-5-17(19)18-6-2-4-8-20(18)21/h1-12,21H,13-14H2,(H,25,26). The van der Waals surface area contributed by atoms with Gasteiger partial charge in [-0.2, -0.15) is 0 Å². The molecule has 4 rings (SSSR count). The van der Waals surface area contributed by atoms with Gasteiger partial charge in [0.2, 0.25) is 5.91 Å². The highest BCUT2D eigenvalue weighted by Crippen LogP contribution is 2.44. The van der Waals surface area contributed by atoms with E-state index in [1.165, 1.54) is 22.3 Å². The Labute approximate surface area is 168 Å². The van der Waals surface area contributed by atoms with Crippen molar-refractivity contribution in [2.45, 2.75) is 12.3 Å². The highest BCUT2D eigenvalue weighted by atomic mass is 35.5. The molecule has 1 amide bonds. The summed E-state index contributed by atoms with van der Waals surface area (Å²) in [6, 6.07) is 23.2. The van der Waals surface area contributed by atoms with E-state index >= 15 is 0 Å². The first-order valence-corrected chi connectivity index (χ1v) is 9.39. The van der Waals surface area contributed by atoms with Gasteiger partial charge in [-0.3, -0.25) is 14.4 Å². The topological polar surface area (TPSA) is 55.4 Å². The molecule has 28 heavy (non-hydrogen) atoms. The van der Waals surface area contributed by atoms with Crippen LogP contribution in [0.1, 0.15) is 33.0 Å². The van der Waals surface area contributed by atoms with E-state index in [1.54, 1.807) is 24.3 Å². The normalized spacial score (nSPS) is 12.3. The molecular weight excluding hydrogens is 374 g/mol. The smallest absolute Gasteiger partial charge is 0.252 e. The molecule has 0 aromatic heterocycles. The number of rotatable bonds is 6. The number of hydroxylamine groups is 1. The second-order valence-electron chi connectivity index (χ2n) is 6.71. The maximum atomic E-state index is 12.2. The molecule has 0 fully saturated rings. The van der Waals surface area contributed by atoms with Gasteiger partial charge in [-0.1, -0.05) is 60.7 Å². The van der Waals surface area contributed by atoms with Crippen LogP contribution in [0.4, 0.5) is 0 Å². The van der Waals surface area contributed by atoms with Crippen LogP contribution in [0.15, 0.2) is 72.8 Å². The molecule has 1 N–H and O–H groups in total. The second-order valence-corrected chi connectivity index (χ2v) is 7.05. The zero-order chi connectivity index (χ0) is 19.5. The van der Waals surface area contributed by atoms with Crippen LogP contribution in [0.5, 0.6) is 0 Å². The number of carbonyl (C=O) groups is 2. The van der Waals surface area contributed by atoms with E-state index in [0.717, 1.165) is 5.56 Å². The molecule has 0 radical (unpaired) electrons. The van der Waals surface area contributed by atoms with Gasteiger partial charge in [0.15, 0.2) is 0 Å². The van der Waals surface area contributed by atoms with Gasteiger partial charge in [-0.15, -0.1) is 0 Å². The molecule has 0 aliphatic heterocycles. The summed E-state index contributed by atoms with van der Waals surface area (Å²) in [5, 5.41) is -0.517. The van der Waals surface area contributed by atoms with Gasteiger partial charge in [-0.05, 0) is 51.6 Å². The van der Waals surface area contributed by atoms with Gasteiger partial charge in [0.05, 0.1) is 13.0 Å². The van der Waals surface area contributed by atoms with E-state index < -0.39 is 5.24 Å². The molecule has 0 spiro atoms. The fourth-order valence-corrected chi connectivity index (χ4v) is 3.75. The lowest BCUT2D eigenvalue weighted by Crippen LogP contribution is -2.27. The zero-order valence-electron chi connectivity index (χ0n) is 15.0. The summed E-state index contributed by atoms with van der Waals surface area (Å²) < 4.78 is 0. The summed E-state index contributed by atoms with van der Waals surface area (Å²) in [5.74, 6) is -0.161. The number of benzene rings is 3. The minimum atomic E-state index is -0.517. The van der Waals surface area contributed by atoms with Crippen LogP contribution < -0.4 is 5.48 Å². The molecule has 0 heterocycles. The van der Waals surface area contributed by atoms with Crippen molar-refractivity contribution in [2.24, 2.45) is 0 Å². The molecule has 3 aromatic rings. The minimum Gasteiger partial charge on any atom is -0.276 e. The summed E-state index contributed by atoms with van der Waals surface area (Å²) in [6.45, 7) is 0.361. The summed E-state index contributed by atoms with van der Waals surface area (Å²) in [6.07, 6.45) is 0.161.